The van der Waals surface area contributed by atoms with Gasteiger partial charge in [-0.05, 0) is 41.6 Å². The first-order valence-corrected chi connectivity index (χ1v) is 8.95. The number of hydrogen-bond donors (Lipinski definition) is 0. The van der Waals surface area contributed by atoms with Crippen molar-refractivity contribution in [1.29, 1.82) is 5.26 Å². The summed E-state index contributed by atoms with van der Waals surface area (Å²) < 4.78 is 0. The van der Waals surface area contributed by atoms with Gasteiger partial charge in [0.2, 0.25) is 0 Å². The van der Waals surface area contributed by atoms with Crippen molar-refractivity contribution in [2.24, 2.45) is 29.6 Å². The van der Waals surface area contributed by atoms with Gasteiger partial charge in [0.15, 0.2) is 0 Å². The summed E-state index contributed by atoms with van der Waals surface area (Å²) >= 11 is 0. The molecule has 0 saturated heterocycles. The molecule has 0 N–H and O–H groups in total. The quantitative estimate of drug-likeness (QED) is 0.420. The van der Waals surface area contributed by atoms with E-state index in [2.05, 4.69) is 78.5 Å². The molecule has 1 nitrogen and oxygen atoms in total. The van der Waals surface area contributed by atoms with Crippen LogP contribution in [0.5, 0.6) is 0 Å². The third-order valence-corrected chi connectivity index (χ3v) is 5.62. The van der Waals surface area contributed by atoms with E-state index in [4.69, 9.17) is 5.26 Å². The van der Waals surface area contributed by atoms with Crippen molar-refractivity contribution in [2.45, 2.75) is 54.4 Å². The van der Waals surface area contributed by atoms with E-state index in [0.717, 1.165) is 29.6 Å². The number of nitriles is 1. The van der Waals surface area contributed by atoms with E-state index in [9.17, 15) is 0 Å². The fourth-order valence-electron chi connectivity index (χ4n) is 3.33. The zero-order valence-corrected chi connectivity index (χ0v) is 18.6. The van der Waals surface area contributed by atoms with Gasteiger partial charge in [0.25, 0.3) is 0 Å². The molecular formula is C22H35IrN. The minimum Gasteiger partial charge on any atom is -0.193 e. The summed E-state index contributed by atoms with van der Waals surface area (Å²) in [5.74, 6) is 4.68. The van der Waals surface area contributed by atoms with Crippen LogP contribution in [0.25, 0.3) is 0 Å². The summed E-state index contributed by atoms with van der Waals surface area (Å²) in [4.78, 5) is 0. The molecule has 24 heavy (non-hydrogen) atoms. The summed E-state index contributed by atoms with van der Waals surface area (Å²) in [5, 5.41) is 7.51. The number of benzene rings is 1. The maximum Gasteiger partial charge on any atom is 0.0905 e. The molecule has 1 aliphatic carbocycles. The zero-order valence-electron chi connectivity index (χ0n) is 16.3. The Hall–Kier alpha value is -0.901. The van der Waals surface area contributed by atoms with Gasteiger partial charge in [-0.2, -0.15) is 5.26 Å². The van der Waals surface area contributed by atoms with E-state index in [1.165, 1.54) is 24.5 Å². The van der Waals surface area contributed by atoms with E-state index >= 15 is 0 Å². The first-order valence-electron chi connectivity index (χ1n) is 8.95. The van der Waals surface area contributed by atoms with Crippen LogP contribution in [0.15, 0.2) is 43.0 Å². The number of allylic oxidation sites excluding steroid dienone is 1. The Kier molecular flexibility index (Phi) is 15.2. The summed E-state index contributed by atoms with van der Waals surface area (Å²) in [6.45, 7) is 17.3. The molecule has 0 unspecified atom stereocenters. The molecule has 1 aliphatic rings. The van der Waals surface area contributed by atoms with Crippen molar-refractivity contribution in [1.82, 2.24) is 0 Å². The average molecular weight is 506 g/mol. The maximum atomic E-state index is 7.51. The van der Waals surface area contributed by atoms with Crippen molar-refractivity contribution >= 4 is 0 Å². The standard InChI is InChI=1S/C10H20.C9H12.C3H3N.Ir/c1-6-7(2)9(4)10(5)8(6)3;1-2-6-9-7-4-3-5-8-9;1-2-3-4;/h6-10H,1-5H3;3-5,7-8H,2,6H2,1H3;2H,1H2;. The molecule has 137 valence electrons. The van der Waals surface area contributed by atoms with E-state index in [0.29, 0.717) is 0 Å². The van der Waals surface area contributed by atoms with Crippen molar-refractivity contribution in [2.75, 3.05) is 0 Å². The second-order valence-corrected chi connectivity index (χ2v) is 6.86. The zero-order chi connectivity index (χ0) is 17.8. The molecule has 0 atom stereocenters. The van der Waals surface area contributed by atoms with Crippen LogP contribution in [0, 0.1) is 40.9 Å². The predicted octanol–water partition coefficient (Wildman–Crippen LogP) is 6.51. The van der Waals surface area contributed by atoms with Crippen molar-refractivity contribution in [3.8, 4) is 6.07 Å². The van der Waals surface area contributed by atoms with Gasteiger partial charge in [-0.1, -0.05) is 84.9 Å². The molecule has 2 heteroatoms. The summed E-state index contributed by atoms with van der Waals surface area (Å²) in [6.07, 6.45) is 3.63. The van der Waals surface area contributed by atoms with Gasteiger partial charge in [-0.25, -0.2) is 0 Å². The van der Waals surface area contributed by atoms with E-state index in [1.54, 1.807) is 6.07 Å². The Morgan fingerprint density at radius 2 is 1.25 bits per heavy atom. The van der Waals surface area contributed by atoms with Crippen LogP contribution >= 0.6 is 0 Å². The Morgan fingerprint density at radius 1 is 0.917 bits per heavy atom. The van der Waals surface area contributed by atoms with Gasteiger partial charge in [-0.3, -0.25) is 0 Å². The van der Waals surface area contributed by atoms with Gasteiger partial charge in [0, 0.05) is 26.2 Å². The minimum absolute atomic E-state index is 0. The molecule has 1 aromatic carbocycles. The Bertz CT molecular complexity index is 418. The van der Waals surface area contributed by atoms with E-state index in [1.807, 2.05) is 0 Å². The molecule has 1 fully saturated rings. The minimum atomic E-state index is 0. The predicted molar refractivity (Wildman–Crippen MR) is 102 cm³/mol. The van der Waals surface area contributed by atoms with Crippen molar-refractivity contribution in [3.63, 3.8) is 0 Å². The van der Waals surface area contributed by atoms with Crippen LogP contribution in [0.2, 0.25) is 0 Å². The van der Waals surface area contributed by atoms with Gasteiger partial charge >= 0.3 is 0 Å². The maximum absolute atomic E-state index is 7.51. The molecule has 0 aromatic heterocycles. The van der Waals surface area contributed by atoms with Crippen LogP contribution in [-0.2, 0) is 26.5 Å². The second kappa shape index (κ2) is 14.4. The fourth-order valence-corrected chi connectivity index (χ4v) is 3.33. The van der Waals surface area contributed by atoms with Gasteiger partial charge in [-0.15, -0.1) is 0 Å². The molecule has 1 radical (unpaired) electrons. The normalized spacial score (nSPS) is 27.3. The van der Waals surface area contributed by atoms with Crippen LogP contribution < -0.4 is 0 Å². The van der Waals surface area contributed by atoms with Gasteiger partial charge in [0.1, 0.15) is 0 Å². The van der Waals surface area contributed by atoms with Gasteiger partial charge < -0.3 is 0 Å². The number of hydrogen-bond acceptors (Lipinski definition) is 1. The molecule has 0 spiro atoms. The van der Waals surface area contributed by atoms with Crippen LogP contribution in [0.4, 0.5) is 0 Å². The largest absolute Gasteiger partial charge is 0.193 e. The van der Waals surface area contributed by atoms with Gasteiger partial charge in [0.05, 0.1) is 6.07 Å². The number of aryl methyl sites for hydroxylation is 1. The SMILES string of the molecule is C=CC#N.CC1C(C)C(C)C(C)C1C.CCCc1ccccc1.[Ir]. The van der Waals surface area contributed by atoms with Crippen molar-refractivity contribution < 1.29 is 20.1 Å². The third-order valence-electron chi connectivity index (χ3n) is 5.62. The molecule has 2 rings (SSSR count). The van der Waals surface area contributed by atoms with E-state index in [-0.39, 0.29) is 20.1 Å². The van der Waals surface area contributed by atoms with E-state index < -0.39 is 0 Å². The van der Waals surface area contributed by atoms with Crippen LogP contribution in [0.1, 0.15) is 53.5 Å². The summed E-state index contributed by atoms with van der Waals surface area (Å²) in [5.41, 5.74) is 1.44. The van der Waals surface area contributed by atoms with Crippen LogP contribution in [0.3, 0.4) is 0 Å². The first kappa shape index (κ1) is 25.3. The first-order chi connectivity index (χ1) is 10.9. The monoisotopic (exact) mass is 506 g/mol. The summed E-state index contributed by atoms with van der Waals surface area (Å²) in [7, 11) is 0. The Balaban J connectivity index is 0. The van der Waals surface area contributed by atoms with Crippen molar-refractivity contribution in [3.05, 3.63) is 48.6 Å². The molecule has 0 heterocycles. The second-order valence-electron chi connectivity index (χ2n) is 6.86. The van der Waals surface area contributed by atoms with Crippen LogP contribution in [-0.4, -0.2) is 0 Å². The average Bonchev–Trinajstić information content (AvgIpc) is 2.75. The Morgan fingerprint density at radius 3 is 1.50 bits per heavy atom. The topological polar surface area (TPSA) is 23.8 Å². The smallest absolute Gasteiger partial charge is 0.0905 e. The fraction of sp³-hybridized carbons (Fsp3) is 0.591. The summed E-state index contributed by atoms with van der Waals surface area (Å²) in [6, 6.07) is 12.3. The Labute approximate surface area is 163 Å². The molecule has 1 saturated carbocycles. The number of nitrogens with zero attached hydrogens (tertiary/aromatic N) is 1. The molecule has 0 aliphatic heterocycles. The molecule has 0 bridgehead atoms. The molecular weight excluding hydrogens is 470 g/mol. The third kappa shape index (κ3) is 8.81. The molecule has 0 amide bonds. The number of rotatable bonds is 2. The molecule has 1 aromatic rings.